The van der Waals surface area contributed by atoms with Crippen molar-refractivity contribution in [2.75, 3.05) is 25.0 Å². The van der Waals surface area contributed by atoms with Crippen molar-refractivity contribution >= 4 is 23.3 Å². The van der Waals surface area contributed by atoms with E-state index in [-0.39, 0.29) is 12.1 Å². The highest BCUT2D eigenvalue weighted by molar-refractivity contribution is 6.30. The van der Waals surface area contributed by atoms with E-state index in [1.807, 2.05) is 43.3 Å². The van der Waals surface area contributed by atoms with Crippen LogP contribution in [0, 0.1) is 5.92 Å². The zero-order valence-electron chi connectivity index (χ0n) is 18.9. The molecule has 1 aliphatic heterocycles. The third-order valence-electron chi connectivity index (χ3n) is 6.75. The van der Waals surface area contributed by atoms with Gasteiger partial charge in [0.05, 0.1) is 6.61 Å². The first kappa shape index (κ1) is 22.9. The molecule has 2 N–H and O–H groups in total. The van der Waals surface area contributed by atoms with E-state index in [0.717, 1.165) is 54.7 Å². The number of carbonyl (C=O) groups excluding carboxylic acids is 1. The van der Waals surface area contributed by atoms with Crippen LogP contribution in [-0.2, 0) is 6.42 Å². The number of rotatable bonds is 7. The van der Waals surface area contributed by atoms with Gasteiger partial charge in [-0.3, -0.25) is 4.90 Å². The number of hydrogen-bond donors (Lipinski definition) is 2. The highest BCUT2D eigenvalue weighted by Crippen LogP contribution is 2.30. The van der Waals surface area contributed by atoms with Crippen molar-refractivity contribution < 1.29 is 9.53 Å². The molecular weight excluding hydrogens is 422 g/mol. The van der Waals surface area contributed by atoms with E-state index < -0.39 is 0 Å². The lowest BCUT2D eigenvalue weighted by Crippen LogP contribution is -2.52. The molecule has 2 atom stereocenters. The van der Waals surface area contributed by atoms with Gasteiger partial charge in [0.1, 0.15) is 5.75 Å². The van der Waals surface area contributed by atoms with Crippen LogP contribution in [0.15, 0.2) is 48.5 Å². The fourth-order valence-corrected chi connectivity index (χ4v) is 5.28. The van der Waals surface area contributed by atoms with Gasteiger partial charge in [0.2, 0.25) is 0 Å². The Labute approximate surface area is 196 Å². The predicted octanol–water partition coefficient (Wildman–Crippen LogP) is 5.74. The van der Waals surface area contributed by atoms with Crippen LogP contribution in [-0.4, -0.2) is 42.7 Å². The number of halogens is 1. The van der Waals surface area contributed by atoms with Crippen LogP contribution in [0.25, 0.3) is 0 Å². The van der Waals surface area contributed by atoms with Gasteiger partial charge in [-0.05, 0) is 94.3 Å². The molecule has 2 aromatic rings. The summed E-state index contributed by atoms with van der Waals surface area (Å²) in [6.45, 7) is 4.78. The molecule has 1 saturated carbocycles. The molecule has 6 heteroatoms. The fourth-order valence-electron chi connectivity index (χ4n) is 5.15. The van der Waals surface area contributed by atoms with Crippen LogP contribution < -0.4 is 15.4 Å². The number of anilines is 1. The van der Waals surface area contributed by atoms with Gasteiger partial charge in [-0.15, -0.1) is 0 Å². The second kappa shape index (κ2) is 11.1. The van der Waals surface area contributed by atoms with Gasteiger partial charge in [-0.25, -0.2) is 4.79 Å². The molecule has 1 heterocycles. The van der Waals surface area contributed by atoms with Crippen LogP contribution in [0.5, 0.6) is 5.75 Å². The first-order chi connectivity index (χ1) is 15.6. The molecule has 2 fully saturated rings. The van der Waals surface area contributed by atoms with Gasteiger partial charge in [-0.2, -0.15) is 0 Å². The Balaban J connectivity index is 1.26. The molecule has 2 aromatic carbocycles. The minimum absolute atomic E-state index is 0.131. The quantitative estimate of drug-likeness (QED) is 0.560. The van der Waals surface area contributed by atoms with E-state index in [1.165, 1.54) is 24.8 Å². The number of urea groups is 1. The normalized spacial score (nSPS) is 21.9. The Morgan fingerprint density at radius 1 is 1.09 bits per heavy atom. The Morgan fingerprint density at radius 3 is 2.62 bits per heavy atom. The molecule has 0 bridgehead atoms. The van der Waals surface area contributed by atoms with Crippen molar-refractivity contribution in [2.45, 2.75) is 57.5 Å². The summed E-state index contributed by atoms with van der Waals surface area (Å²) in [6.07, 6.45) is 6.92. The highest BCUT2D eigenvalue weighted by atomic mass is 35.5. The SMILES string of the molecule is CCOc1cccc(NC(=O)NC2CCCC2N2CCC(Cc3ccc(Cl)cc3)CC2)c1. The summed E-state index contributed by atoms with van der Waals surface area (Å²) in [7, 11) is 0. The van der Waals surface area contributed by atoms with E-state index in [0.29, 0.717) is 12.6 Å². The number of likely N-dealkylation sites (tertiary alicyclic amines) is 1. The molecule has 2 unspecified atom stereocenters. The lowest BCUT2D eigenvalue weighted by Gasteiger charge is -2.38. The van der Waals surface area contributed by atoms with E-state index >= 15 is 0 Å². The lowest BCUT2D eigenvalue weighted by molar-refractivity contribution is 0.119. The molecule has 172 valence electrons. The topological polar surface area (TPSA) is 53.6 Å². The molecule has 4 rings (SSSR count). The third-order valence-corrected chi connectivity index (χ3v) is 7.01. The summed E-state index contributed by atoms with van der Waals surface area (Å²) in [4.78, 5) is 15.3. The number of ether oxygens (including phenoxy) is 1. The zero-order valence-corrected chi connectivity index (χ0v) is 19.6. The molecule has 0 aromatic heterocycles. The second-order valence-corrected chi connectivity index (χ2v) is 9.41. The molecule has 32 heavy (non-hydrogen) atoms. The number of benzene rings is 2. The first-order valence-corrected chi connectivity index (χ1v) is 12.3. The van der Waals surface area contributed by atoms with Crippen molar-refractivity contribution in [2.24, 2.45) is 5.92 Å². The average Bonchev–Trinajstić information content (AvgIpc) is 3.24. The molecule has 2 amide bonds. The van der Waals surface area contributed by atoms with E-state index in [9.17, 15) is 4.79 Å². The predicted molar refractivity (Wildman–Crippen MR) is 131 cm³/mol. The average molecular weight is 456 g/mol. The molecular formula is C26H34ClN3O2. The number of amides is 2. The Kier molecular flexibility index (Phi) is 7.93. The highest BCUT2D eigenvalue weighted by Gasteiger charge is 2.35. The van der Waals surface area contributed by atoms with Gasteiger partial charge in [0.25, 0.3) is 0 Å². The van der Waals surface area contributed by atoms with E-state index in [2.05, 4.69) is 27.7 Å². The number of nitrogens with zero attached hydrogens (tertiary/aromatic N) is 1. The minimum atomic E-state index is -0.131. The molecule has 0 spiro atoms. The summed E-state index contributed by atoms with van der Waals surface area (Å²) in [5, 5.41) is 7.01. The number of piperidine rings is 1. The van der Waals surface area contributed by atoms with Crippen molar-refractivity contribution in [3.05, 3.63) is 59.1 Å². The zero-order chi connectivity index (χ0) is 22.3. The van der Waals surface area contributed by atoms with Gasteiger partial charge >= 0.3 is 6.03 Å². The summed E-state index contributed by atoms with van der Waals surface area (Å²) in [5.41, 5.74) is 2.13. The van der Waals surface area contributed by atoms with Crippen molar-refractivity contribution in [3.8, 4) is 5.75 Å². The number of carbonyl (C=O) groups is 1. The minimum Gasteiger partial charge on any atom is -0.494 e. The maximum Gasteiger partial charge on any atom is 0.319 e. The third kappa shape index (κ3) is 6.17. The van der Waals surface area contributed by atoms with E-state index in [4.69, 9.17) is 16.3 Å². The standard InChI is InChI=1S/C26H34ClN3O2/c1-2-32-23-6-3-5-22(18-23)28-26(31)29-24-7-4-8-25(24)30-15-13-20(14-16-30)17-19-9-11-21(27)12-10-19/h3,5-6,9-12,18,20,24-25H,2,4,7-8,13-17H2,1H3,(H2,28,29,31). The molecule has 1 aliphatic carbocycles. The molecule has 0 radical (unpaired) electrons. The smallest absolute Gasteiger partial charge is 0.319 e. The summed E-state index contributed by atoms with van der Waals surface area (Å²) in [6, 6.07) is 16.3. The number of hydrogen-bond acceptors (Lipinski definition) is 3. The van der Waals surface area contributed by atoms with Crippen LogP contribution >= 0.6 is 11.6 Å². The van der Waals surface area contributed by atoms with Crippen LogP contribution in [0.3, 0.4) is 0 Å². The monoisotopic (exact) mass is 455 g/mol. The van der Waals surface area contributed by atoms with Gasteiger partial charge in [0.15, 0.2) is 0 Å². The van der Waals surface area contributed by atoms with Crippen LogP contribution in [0.2, 0.25) is 5.02 Å². The Bertz CT molecular complexity index is 881. The van der Waals surface area contributed by atoms with Gasteiger partial charge in [0, 0.05) is 28.9 Å². The van der Waals surface area contributed by atoms with Gasteiger partial charge in [-0.1, -0.05) is 29.8 Å². The van der Waals surface area contributed by atoms with Crippen molar-refractivity contribution in [1.29, 1.82) is 0 Å². The van der Waals surface area contributed by atoms with Crippen molar-refractivity contribution in [3.63, 3.8) is 0 Å². The Hall–Kier alpha value is -2.24. The Morgan fingerprint density at radius 2 is 1.88 bits per heavy atom. The van der Waals surface area contributed by atoms with Crippen molar-refractivity contribution in [1.82, 2.24) is 10.2 Å². The van der Waals surface area contributed by atoms with E-state index in [1.54, 1.807) is 0 Å². The fraction of sp³-hybridized carbons (Fsp3) is 0.500. The lowest BCUT2D eigenvalue weighted by atomic mass is 9.89. The van der Waals surface area contributed by atoms with Crippen LogP contribution in [0.1, 0.15) is 44.6 Å². The van der Waals surface area contributed by atoms with Gasteiger partial charge < -0.3 is 15.4 Å². The summed E-state index contributed by atoms with van der Waals surface area (Å²) >= 11 is 6.01. The largest absolute Gasteiger partial charge is 0.494 e. The maximum absolute atomic E-state index is 12.7. The molecule has 1 saturated heterocycles. The second-order valence-electron chi connectivity index (χ2n) is 8.97. The first-order valence-electron chi connectivity index (χ1n) is 11.9. The summed E-state index contributed by atoms with van der Waals surface area (Å²) in [5.74, 6) is 1.49. The van der Waals surface area contributed by atoms with Crippen LogP contribution in [0.4, 0.5) is 10.5 Å². The molecule has 2 aliphatic rings. The molecule has 5 nitrogen and oxygen atoms in total. The summed E-state index contributed by atoms with van der Waals surface area (Å²) < 4.78 is 5.52. The maximum atomic E-state index is 12.7. The number of nitrogens with one attached hydrogen (secondary N) is 2.